The molecule has 0 saturated carbocycles. The standard InChI is InChI=1S/C38H76NO7P/c1-3-5-7-9-11-13-14-15-16-17-18-19-20-21-22-23-25-27-29-31-38(40)46-37(36-45-47(41,42)44-34-32-39)35-43-33-30-28-26-24-12-10-8-6-4-2/h15-16,37H,3-14,17-36,39H2,1-2H3,(H,41,42)/b16-15-. The molecule has 2 atom stereocenters. The summed E-state index contributed by atoms with van der Waals surface area (Å²) in [6, 6.07) is 0. The monoisotopic (exact) mass is 690 g/mol. The summed E-state index contributed by atoms with van der Waals surface area (Å²) in [4.78, 5) is 22.4. The zero-order chi connectivity index (χ0) is 34.5. The number of nitrogens with two attached hydrogens (primary N) is 1. The van der Waals surface area contributed by atoms with Gasteiger partial charge >= 0.3 is 13.8 Å². The van der Waals surface area contributed by atoms with Crippen molar-refractivity contribution in [1.29, 1.82) is 0 Å². The van der Waals surface area contributed by atoms with Crippen LogP contribution in [0.15, 0.2) is 12.2 Å². The van der Waals surface area contributed by atoms with Crippen LogP contribution in [0.25, 0.3) is 0 Å². The largest absolute Gasteiger partial charge is 0.472 e. The molecule has 0 aromatic rings. The summed E-state index contributed by atoms with van der Waals surface area (Å²) in [5.41, 5.74) is 5.35. The van der Waals surface area contributed by atoms with Crippen molar-refractivity contribution < 1.29 is 32.8 Å². The summed E-state index contributed by atoms with van der Waals surface area (Å²) < 4.78 is 33.2. The summed E-state index contributed by atoms with van der Waals surface area (Å²) >= 11 is 0. The predicted molar refractivity (Wildman–Crippen MR) is 197 cm³/mol. The Morgan fingerprint density at radius 3 is 1.55 bits per heavy atom. The molecule has 0 aliphatic heterocycles. The van der Waals surface area contributed by atoms with Crippen LogP contribution in [0.1, 0.15) is 187 Å². The van der Waals surface area contributed by atoms with E-state index < -0.39 is 13.9 Å². The Morgan fingerprint density at radius 2 is 1.06 bits per heavy atom. The zero-order valence-corrected chi connectivity index (χ0v) is 31.7. The first-order chi connectivity index (χ1) is 22.9. The molecule has 0 aliphatic rings. The van der Waals surface area contributed by atoms with Gasteiger partial charge in [0.05, 0.1) is 19.8 Å². The molecular formula is C38H76NO7P. The van der Waals surface area contributed by atoms with Crippen LogP contribution in [0.2, 0.25) is 0 Å². The molecule has 0 radical (unpaired) electrons. The highest BCUT2D eigenvalue weighted by Gasteiger charge is 2.25. The summed E-state index contributed by atoms with van der Waals surface area (Å²) in [7, 11) is -4.26. The molecule has 0 saturated heterocycles. The highest BCUT2D eigenvalue weighted by Crippen LogP contribution is 2.43. The minimum Gasteiger partial charge on any atom is -0.457 e. The van der Waals surface area contributed by atoms with Crippen molar-refractivity contribution in [3.63, 3.8) is 0 Å². The Labute approximate surface area is 290 Å². The molecule has 0 aromatic carbocycles. The molecule has 0 amide bonds. The van der Waals surface area contributed by atoms with Gasteiger partial charge in [-0.05, 0) is 38.5 Å². The lowest BCUT2D eigenvalue weighted by atomic mass is 10.1. The highest BCUT2D eigenvalue weighted by atomic mass is 31.2. The number of hydrogen-bond donors (Lipinski definition) is 2. The van der Waals surface area contributed by atoms with Crippen molar-refractivity contribution in [2.45, 2.75) is 193 Å². The average molecular weight is 690 g/mol. The van der Waals surface area contributed by atoms with E-state index in [1.54, 1.807) is 0 Å². The Balaban J connectivity index is 3.98. The van der Waals surface area contributed by atoms with Crippen molar-refractivity contribution in [2.24, 2.45) is 5.73 Å². The van der Waals surface area contributed by atoms with Crippen molar-refractivity contribution in [3.05, 3.63) is 12.2 Å². The molecular weight excluding hydrogens is 613 g/mol. The van der Waals surface area contributed by atoms with Gasteiger partial charge in [0, 0.05) is 19.6 Å². The number of carbonyl (C=O) groups is 1. The van der Waals surface area contributed by atoms with Gasteiger partial charge in [-0.3, -0.25) is 13.8 Å². The summed E-state index contributed by atoms with van der Waals surface area (Å²) in [5, 5.41) is 0. The lowest BCUT2D eigenvalue weighted by Gasteiger charge is -2.20. The van der Waals surface area contributed by atoms with E-state index in [1.165, 1.54) is 135 Å². The van der Waals surface area contributed by atoms with E-state index in [2.05, 4.69) is 26.0 Å². The van der Waals surface area contributed by atoms with Crippen molar-refractivity contribution in [2.75, 3.05) is 33.0 Å². The number of phosphoric ester groups is 1. The molecule has 47 heavy (non-hydrogen) atoms. The molecule has 280 valence electrons. The summed E-state index contributed by atoms with van der Waals surface area (Å²) in [6.45, 7) is 4.92. The third-order valence-corrected chi connectivity index (χ3v) is 9.42. The van der Waals surface area contributed by atoms with E-state index in [9.17, 15) is 14.3 Å². The first-order valence-corrected chi connectivity index (χ1v) is 21.2. The number of hydrogen-bond acceptors (Lipinski definition) is 7. The Bertz CT molecular complexity index is 737. The van der Waals surface area contributed by atoms with E-state index in [4.69, 9.17) is 24.3 Å². The van der Waals surface area contributed by atoms with Gasteiger partial charge in [0.25, 0.3) is 0 Å². The smallest absolute Gasteiger partial charge is 0.457 e. The quantitative estimate of drug-likeness (QED) is 0.0285. The van der Waals surface area contributed by atoms with Crippen LogP contribution in [0.5, 0.6) is 0 Å². The minimum atomic E-state index is -4.26. The van der Waals surface area contributed by atoms with Gasteiger partial charge < -0.3 is 20.1 Å². The molecule has 0 spiro atoms. The normalized spacial score (nSPS) is 13.7. The number of unbranched alkanes of at least 4 members (excludes halogenated alkanes) is 23. The van der Waals surface area contributed by atoms with Crippen molar-refractivity contribution >= 4 is 13.8 Å². The van der Waals surface area contributed by atoms with Gasteiger partial charge in [-0.1, -0.05) is 154 Å². The average Bonchev–Trinajstić information content (AvgIpc) is 3.06. The molecule has 9 heteroatoms. The zero-order valence-electron chi connectivity index (χ0n) is 30.8. The lowest BCUT2D eigenvalue weighted by molar-refractivity contribution is -0.154. The fraction of sp³-hybridized carbons (Fsp3) is 0.921. The topological polar surface area (TPSA) is 117 Å². The fourth-order valence-electron chi connectivity index (χ4n) is 5.52. The summed E-state index contributed by atoms with van der Waals surface area (Å²) in [6.07, 6.45) is 36.5. The molecule has 0 fully saturated rings. The minimum absolute atomic E-state index is 0.0929. The van der Waals surface area contributed by atoms with Gasteiger partial charge in [0.1, 0.15) is 6.10 Å². The first-order valence-electron chi connectivity index (χ1n) is 19.7. The van der Waals surface area contributed by atoms with Gasteiger partial charge in [-0.25, -0.2) is 4.57 Å². The van der Waals surface area contributed by atoms with Crippen LogP contribution in [0.3, 0.4) is 0 Å². The maximum absolute atomic E-state index is 12.5. The molecule has 0 rings (SSSR count). The Morgan fingerprint density at radius 1 is 0.617 bits per heavy atom. The molecule has 8 nitrogen and oxygen atoms in total. The van der Waals surface area contributed by atoms with Crippen LogP contribution >= 0.6 is 7.82 Å². The second-order valence-electron chi connectivity index (χ2n) is 13.1. The van der Waals surface area contributed by atoms with Gasteiger partial charge in [-0.15, -0.1) is 0 Å². The van der Waals surface area contributed by atoms with E-state index in [-0.39, 0.29) is 32.3 Å². The molecule has 0 heterocycles. The van der Waals surface area contributed by atoms with E-state index in [1.807, 2.05) is 0 Å². The predicted octanol–water partition coefficient (Wildman–Crippen LogP) is 11.1. The number of esters is 1. The SMILES string of the molecule is CCCCCCCC/C=C\CCCCCCCCCCCC(=O)OC(COCCCCCCCCCCC)COP(=O)(O)OCCN. The number of phosphoric acid groups is 1. The highest BCUT2D eigenvalue weighted by molar-refractivity contribution is 7.47. The van der Waals surface area contributed by atoms with Gasteiger partial charge in [-0.2, -0.15) is 0 Å². The van der Waals surface area contributed by atoms with Crippen LogP contribution in [-0.2, 0) is 27.9 Å². The number of carbonyl (C=O) groups excluding carboxylic acids is 1. The van der Waals surface area contributed by atoms with Crippen molar-refractivity contribution in [3.8, 4) is 0 Å². The van der Waals surface area contributed by atoms with Crippen LogP contribution in [-0.4, -0.2) is 49.9 Å². The Hall–Kier alpha value is -0.760. The van der Waals surface area contributed by atoms with E-state index in [0.29, 0.717) is 13.0 Å². The van der Waals surface area contributed by atoms with Crippen LogP contribution in [0.4, 0.5) is 0 Å². The maximum Gasteiger partial charge on any atom is 0.472 e. The van der Waals surface area contributed by atoms with Crippen LogP contribution in [0, 0.1) is 0 Å². The van der Waals surface area contributed by atoms with Gasteiger partial charge in [0.15, 0.2) is 0 Å². The number of allylic oxidation sites excluding steroid dienone is 2. The molecule has 0 aromatic heterocycles. The molecule has 3 N–H and O–H groups in total. The second-order valence-corrected chi connectivity index (χ2v) is 14.6. The van der Waals surface area contributed by atoms with Gasteiger partial charge in [0.2, 0.25) is 0 Å². The fourth-order valence-corrected chi connectivity index (χ4v) is 6.29. The first kappa shape index (κ1) is 46.2. The third kappa shape index (κ3) is 36.3. The maximum atomic E-state index is 12.5. The molecule has 0 aliphatic carbocycles. The van der Waals surface area contributed by atoms with E-state index >= 15 is 0 Å². The third-order valence-electron chi connectivity index (χ3n) is 8.43. The Kier molecular flexibility index (Phi) is 35.9. The van der Waals surface area contributed by atoms with E-state index in [0.717, 1.165) is 32.1 Å². The second kappa shape index (κ2) is 36.5. The van der Waals surface area contributed by atoms with Crippen LogP contribution < -0.4 is 5.73 Å². The number of rotatable bonds is 38. The molecule has 0 bridgehead atoms. The molecule has 2 unspecified atom stereocenters. The van der Waals surface area contributed by atoms with Crippen molar-refractivity contribution in [1.82, 2.24) is 0 Å². The lowest BCUT2D eigenvalue weighted by Crippen LogP contribution is -2.28. The number of ether oxygens (including phenoxy) is 2. The summed E-state index contributed by atoms with van der Waals surface area (Å²) in [5.74, 6) is -0.332.